The molecule has 0 aromatic rings. The summed E-state index contributed by atoms with van der Waals surface area (Å²) >= 11 is 0. The van der Waals surface area contributed by atoms with Crippen molar-refractivity contribution in [2.75, 3.05) is 19.7 Å². The fourth-order valence-corrected chi connectivity index (χ4v) is 0.620. The van der Waals surface area contributed by atoms with Crippen molar-refractivity contribution in [1.82, 2.24) is 5.32 Å². The zero-order valence-electron chi connectivity index (χ0n) is 4.31. The van der Waals surface area contributed by atoms with Gasteiger partial charge in [0.2, 0.25) is 0 Å². The van der Waals surface area contributed by atoms with E-state index >= 15 is 0 Å². The van der Waals surface area contributed by atoms with Gasteiger partial charge in [-0.15, -0.1) is 0 Å². The molecule has 1 aliphatic rings. The number of ether oxygens (including phenoxy) is 1. The lowest BCUT2D eigenvalue weighted by molar-refractivity contribution is 0.0574. The molecule has 1 unspecified atom stereocenters. The van der Waals surface area contributed by atoms with Gasteiger partial charge >= 0.3 is 0 Å². The Morgan fingerprint density at radius 2 is 2.57 bits per heavy atom. The van der Waals surface area contributed by atoms with E-state index in [0.29, 0.717) is 0 Å². The van der Waals surface area contributed by atoms with Crippen LogP contribution in [-0.2, 0) is 4.74 Å². The highest BCUT2D eigenvalue weighted by atomic mass is 16.5. The van der Waals surface area contributed by atoms with Gasteiger partial charge in [-0.3, -0.25) is 0 Å². The Hall–Kier alpha value is -0.0800. The molecule has 0 saturated carbocycles. The van der Waals surface area contributed by atoms with E-state index in [-0.39, 0.29) is 6.10 Å². The second-order valence-corrected chi connectivity index (χ2v) is 1.70. The highest BCUT2D eigenvalue weighted by molar-refractivity contribution is 4.67. The third-order valence-electron chi connectivity index (χ3n) is 1.00. The first-order chi connectivity index (χ1) is 3.39. The van der Waals surface area contributed by atoms with Crippen LogP contribution in [0.2, 0.25) is 0 Å². The SMILES string of the molecule is [CH2]C1CNCCO1. The second kappa shape index (κ2) is 2.28. The predicted molar refractivity (Wildman–Crippen MR) is 28.0 cm³/mol. The lowest BCUT2D eigenvalue weighted by Crippen LogP contribution is -2.36. The van der Waals surface area contributed by atoms with Crippen LogP contribution < -0.4 is 5.32 Å². The Bertz CT molecular complexity index is 50.0. The maximum absolute atomic E-state index is 5.10. The van der Waals surface area contributed by atoms with Crippen molar-refractivity contribution < 1.29 is 4.74 Å². The minimum Gasteiger partial charge on any atom is -0.376 e. The molecule has 0 spiro atoms. The van der Waals surface area contributed by atoms with Gasteiger partial charge in [-0.1, -0.05) is 0 Å². The van der Waals surface area contributed by atoms with E-state index < -0.39 is 0 Å². The van der Waals surface area contributed by atoms with Crippen molar-refractivity contribution in [2.45, 2.75) is 6.10 Å². The summed E-state index contributed by atoms with van der Waals surface area (Å²) in [4.78, 5) is 0. The van der Waals surface area contributed by atoms with Crippen molar-refractivity contribution in [3.8, 4) is 0 Å². The van der Waals surface area contributed by atoms with Crippen LogP contribution in [-0.4, -0.2) is 25.8 Å². The Labute approximate surface area is 43.9 Å². The molecule has 1 heterocycles. The molecule has 0 aromatic heterocycles. The average molecular weight is 100 g/mol. The average Bonchev–Trinajstić information content (AvgIpc) is 1.69. The maximum atomic E-state index is 5.10. The number of rotatable bonds is 0. The molecule has 1 fully saturated rings. The number of hydrogen-bond acceptors (Lipinski definition) is 2. The molecule has 1 aliphatic heterocycles. The van der Waals surface area contributed by atoms with Crippen molar-refractivity contribution in [1.29, 1.82) is 0 Å². The van der Waals surface area contributed by atoms with Crippen molar-refractivity contribution in [2.24, 2.45) is 0 Å². The normalized spacial score (nSPS) is 33.0. The topological polar surface area (TPSA) is 21.3 Å². The molecular formula is C5H10NO. The molecule has 41 valence electrons. The molecule has 1 rings (SSSR count). The van der Waals surface area contributed by atoms with Gasteiger partial charge in [-0.05, 0) is 6.92 Å². The smallest absolute Gasteiger partial charge is 0.0701 e. The van der Waals surface area contributed by atoms with Crippen molar-refractivity contribution in [3.05, 3.63) is 6.92 Å². The monoisotopic (exact) mass is 100 g/mol. The van der Waals surface area contributed by atoms with E-state index in [1.807, 2.05) is 0 Å². The summed E-state index contributed by atoms with van der Waals surface area (Å²) in [6.07, 6.45) is 0.175. The quantitative estimate of drug-likeness (QED) is 0.455. The summed E-state index contributed by atoms with van der Waals surface area (Å²) in [7, 11) is 0. The fraction of sp³-hybridized carbons (Fsp3) is 0.800. The minimum absolute atomic E-state index is 0.175. The lowest BCUT2D eigenvalue weighted by Gasteiger charge is -2.18. The fourth-order valence-electron chi connectivity index (χ4n) is 0.620. The zero-order valence-corrected chi connectivity index (χ0v) is 4.31. The van der Waals surface area contributed by atoms with Crippen LogP contribution in [0.15, 0.2) is 0 Å². The molecule has 7 heavy (non-hydrogen) atoms. The molecular weight excluding hydrogens is 90.1 g/mol. The first kappa shape index (κ1) is 5.06. The second-order valence-electron chi connectivity index (χ2n) is 1.70. The van der Waals surface area contributed by atoms with Gasteiger partial charge in [-0.25, -0.2) is 0 Å². The van der Waals surface area contributed by atoms with Crippen LogP contribution in [0.1, 0.15) is 0 Å². The standard InChI is InChI=1S/C5H10NO/c1-5-4-6-2-3-7-5/h5-6H,1-4H2. The first-order valence-electron chi connectivity index (χ1n) is 2.55. The summed E-state index contributed by atoms with van der Waals surface area (Å²) in [5, 5.41) is 3.15. The highest BCUT2D eigenvalue weighted by Crippen LogP contribution is 1.90. The van der Waals surface area contributed by atoms with Crippen LogP contribution in [0.4, 0.5) is 0 Å². The van der Waals surface area contributed by atoms with E-state index in [9.17, 15) is 0 Å². The van der Waals surface area contributed by atoms with Crippen LogP contribution in [0.5, 0.6) is 0 Å². The Balaban J connectivity index is 2.12. The van der Waals surface area contributed by atoms with Crippen molar-refractivity contribution >= 4 is 0 Å². The number of nitrogens with one attached hydrogen (secondary N) is 1. The molecule has 0 bridgehead atoms. The summed E-state index contributed by atoms with van der Waals surface area (Å²) in [5.41, 5.74) is 0. The third-order valence-corrected chi connectivity index (χ3v) is 1.00. The molecule has 0 amide bonds. The lowest BCUT2D eigenvalue weighted by atomic mass is 10.3. The van der Waals surface area contributed by atoms with E-state index in [2.05, 4.69) is 12.2 Å². The van der Waals surface area contributed by atoms with E-state index in [1.165, 1.54) is 0 Å². The molecule has 1 atom stereocenters. The maximum Gasteiger partial charge on any atom is 0.0701 e. The van der Waals surface area contributed by atoms with E-state index in [0.717, 1.165) is 19.7 Å². The molecule has 2 nitrogen and oxygen atoms in total. The molecule has 0 aliphatic carbocycles. The number of morpholine rings is 1. The highest BCUT2D eigenvalue weighted by Gasteiger charge is 2.04. The van der Waals surface area contributed by atoms with Crippen LogP contribution in [0.25, 0.3) is 0 Å². The van der Waals surface area contributed by atoms with Gasteiger partial charge < -0.3 is 10.1 Å². The van der Waals surface area contributed by atoms with E-state index in [4.69, 9.17) is 4.74 Å². The van der Waals surface area contributed by atoms with Crippen LogP contribution in [0, 0.1) is 6.92 Å². The first-order valence-corrected chi connectivity index (χ1v) is 2.55. The van der Waals surface area contributed by atoms with Gasteiger partial charge in [-0.2, -0.15) is 0 Å². The van der Waals surface area contributed by atoms with E-state index in [1.54, 1.807) is 0 Å². The molecule has 0 aromatic carbocycles. The summed E-state index contributed by atoms with van der Waals surface area (Å²) in [6, 6.07) is 0. The van der Waals surface area contributed by atoms with Crippen LogP contribution >= 0.6 is 0 Å². The molecule has 2 heteroatoms. The largest absolute Gasteiger partial charge is 0.376 e. The van der Waals surface area contributed by atoms with Gasteiger partial charge in [0.15, 0.2) is 0 Å². The van der Waals surface area contributed by atoms with Gasteiger partial charge in [0, 0.05) is 13.1 Å². The Morgan fingerprint density at radius 3 is 2.86 bits per heavy atom. The summed E-state index contributed by atoms with van der Waals surface area (Å²) < 4.78 is 5.10. The van der Waals surface area contributed by atoms with Gasteiger partial charge in [0.05, 0.1) is 12.7 Å². The summed E-state index contributed by atoms with van der Waals surface area (Å²) in [6.45, 7) is 6.41. The zero-order chi connectivity index (χ0) is 5.11. The Morgan fingerprint density at radius 1 is 1.71 bits per heavy atom. The van der Waals surface area contributed by atoms with Gasteiger partial charge in [0.1, 0.15) is 0 Å². The Kier molecular flexibility index (Phi) is 1.65. The van der Waals surface area contributed by atoms with Gasteiger partial charge in [0.25, 0.3) is 0 Å². The minimum atomic E-state index is 0.175. The predicted octanol–water partition coefficient (Wildman–Crippen LogP) is -0.191. The van der Waals surface area contributed by atoms with Crippen molar-refractivity contribution in [3.63, 3.8) is 0 Å². The third kappa shape index (κ3) is 1.45. The molecule has 1 radical (unpaired) electrons. The molecule has 1 saturated heterocycles. The number of hydrogen-bond donors (Lipinski definition) is 1. The summed E-state index contributed by atoms with van der Waals surface area (Å²) in [5.74, 6) is 0. The molecule has 1 N–H and O–H groups in total. The van der Waals surface area contributed by atoms with Crippen LogP contribution in [0.3, 0.4) is 0 Å².